The van der Waals surface area contributed by atoms with Gasteiger partial charge in [-0.1, -0.05) is 12.1 Å². The zero-order valence-electron chi connectivity index (χ0n) is 14.6. The van der Waals surface area contributed by atoms with Crippen molar-refractivity contribution in [2.45, 2.75) is 32.3 Å². The molecule has 1 unspecified atom stereocenters. The van der Waals surface area contributed by atoms with Gasteiger partial charge in [0.15, 0.2) is 0 Å². The third kappa shape index (κ3) is 5.14. The van der Waals surface area contributed by atoms with Gasteiger partial charge in [-0.2, -0.15) is 8.78 Å². The minimum Gasteiger partial charge on any atom is -0.481 e. The summed E-state index contributed by atoms with van der Waals surface area (Å²) in [5.74, 6) is -1.01. The molecular weight excluding hydrogens is 348 g/mol. The van der Waals surface area contributed by atoms with Crippen LogP contribution >= 0.6 is 0 Å². The number of nitrogens with zero attached hydrogens (tertiary/aromatic N) is 1. The van der Waals surface area contributed by atoms with Crippen LogP contribution in [0, 0.1) is 5.41 Å². The van der Waals surface area contributed by atoms with Gasteiger partial charge in [0.25, 0.3) is 0 Å². The van der Waals surface area contributed by atoms with Crippen molar-refractivity contribution in [2.75, 3.05) is 26.8 Å². The third-order valence-corrected chi connectivity index (χ3v) is 4.58. The lowest BCUT2D eigenvalue weighted by Gasteiger charge is -2.39. The number of aryl methyl sites for hydroxylation is 1. The molecule has 1 amide bonds. The van der Waals surface area contributed by atoms with Gasteiger partial charge in [-0.3, -0.25) is 9.59 Å². The van der Waals surface area contributed by atoms with Crippen LogP contribution in [0.15, 0.2) is 24.3 Å². The summed E-state index contributed by atoms with van der Waals surface area (Å²) in [5.41, 5.74) is -0.241. The lowest BCUT2D eigenvalue weighted by Crippen LogP contribution is -2.52. The first-order valence-corrected chi connectivity index (χ1v) is 8.40. The number of piperidine rings is 1. The van der Waals surface area contributed by atoms with Crippen LogP contribution in [0.25, 0.3) is 0 Å². The van der Waals surface area contributed by atoms with E-state index >= 15 is 0 Å². The number of carboxylic acid groups (broad SMARTS) is 1. The summed E-state index contributed by atoms with van der Waals surface area (Å²) < 4.78 is 33.6. The first-order chi connectivity index (χ1) is 12.4. The van der Waals surface area contributed by atoms with E-state index in [2.05, 4.69) is 4.74 Å². The number of carbonyl (C=O) groups excluding carboxylic acids is 1. The molecule has 1 aliphatic heterocycles. The van der Waals surface area contributed by atoms with E-state index in [9.17, 15) is 23.5 Å². The molecule has 1 aliphatic rings. The second kappa shape index (κ2) is 8.93. The molecule has 6 nitrogen and oxygen atoms in total. The van der Waals surface area contributed by atoms with Crippen LogP contribution in [0.3, 0.4) is 0 Å². The van der Waals surface area contributed by atoms with Crippen LogP contribution in [-0.4, -0.2) is 55.3 Å². The molecule has 1 heterocycles. The lowest BCUT2D eigenvalue weighted by atomic mass is 9.80. The molecule has 0 spiro atoms. The summed E-state index contributed by atoms with van der Waals surface area (Å²) in [6, 6.07) is 6.13. The molecule has 1 N–H and O–H groups in total. The number of ether oxygens (including phenoxy) is 2. The number of aliphatic carboxylic acids is 1. The van der Waals surface area contributed by atoms with E-state index < -0.39 is 18.0 Å². The maximum Gasteiger partial charge on any atom is 0.387 e. The van der Waals surface area contributed by atoms with Crippen molar-refractivity contribution in [1.82, 2.24) is 4.90 Å². The minimum atomic E-state index is -2.87. The fraction of sp³-hybridized carbons (Fsp3) is 0.556. The first kappa shape index (κ1) is 20.1. The molecule has 1 atom stereocenters. The fourth-order valence-electron chi connectivity index (χ4n) is 3.22. The number of halogens is 2. The summed E-state index contributed by atoms with van der Waals surface area (Å²) >= 11 is 0. The van der Waals surface area contributed by atoms with Crippen molar-refractivity contribution in [3.8, 4) is 5.75 Å². The van der Waals surface area contributed by atoms with Crippen LogP contribution in [0.1, 0.15) is 24.8 Å². The molecular formula is C18H23F2NO5. The quantitative estimate of drug-likeness (QED) is 0.760. The number of hydrogen-bond donors (Lipinski definition) is 1. The Hall–Kier alpha value is -2.22. The molecule has 0 bridgehead atoms. The highest BCUT2D eigenvalue weighted by molar-refractivity contribution is 5.80. The Labute approximate surface area is 150 Å². The number of amides is 1. The predicted octanol–water partition coefficient (Wildman–Crippen LogP) is 2.56. The van der Waals surface area contributed by atoms with Gasteiger partial charge in [-0.25, -0.2) is 0 Å². The van der Waals surface area contributed by atoms with E-state index in [1.807, 2.05) is 0 Å². The highest BCUT2D eigenvalue weighted by Gasteiger charge is 2.43. The number of carboxylic acids is 1. The monoisotopic (exact) mass is 371 g/mol. The number of methoxy groups -OCH3 is 1. The number of rotatable bonds is 8. The van der Waals surface area contributed by atoms with Crippen LogP contribution in [0.2, 0.25) is 0 Å². The summed E-state index contributed by atoms with van der Waals surface area (Å²) in [6.07, 6.45) is 1.75. The van der Waals surface area contributed by atoms with E-state index in [4.69, 9.17) is 4.74 Å². The summed E-state index contributed by atoms with van der Waals surface area (Å²) in [5, 5.41) is 9.53. The molecule has 1 fully saturated rings. The predicted molar refractivity (Wildman–Crippen MR) is 89.2 cm³/mol. The Morgan fingerprint density at radius 2 is 2.00 bits per heavy atom. The zero-order valence-corrected chi connectivity index (χ0v) is 14.6. The van der Waals surface area contributed by atoms with Crippen molar-refractivity contribution >= 4 is 11.9 Å². The maximum atomic E-state index is 12.5. The highest BCUT2D eigenvalue weighted by atomic mass is 19.3. The van der Waals surface area contributed by atoms with E-state index in [1.165, 1.54) is 19.2 Å². The standard InChI is InChI=1S/C18H23F2NO5/c1-25-12-18(16(23)24)9-2-10-21(11-18)15(22)8-5-13-3-6-14(7-4-13)26-17(19)20/h3-4,6-7,17H,2,5,8-12H2,1H3,(H,23,24). The Morgan fingerprint density at radius 1 is 1.31 bits per heavy atom. The Kier molecular flexibility index (Phi) is 6.90. The SMILES string of the molecule is COCC1(C(=O)O)CCCN(C(=O)CCc2ccc(OC(F)F)cc2)C1. The van der Waals surface area contributed by atoms with E-state index in [-0.39, 0.29) is 31.2 Å². The maximum absolute atomic E-state index is 12.5. The second-order valence-electron chi connectivity index (χ2n) is 6.46. The zero-order chi connectivity index (χ0) is 19.2. The molecule has 144 valence electrons. The Balaban J connectivity index is 1.91. The summed E-state index contributed by atoms with van der Waals surface area (Å²) in [6.45, 7) is -2.14. The van der Waals surface area contributed by atoms with Crippen LogP contribution < -0.4 is 4.74 Å². The smallest absolute Gasteiger partial charge is 0.387 e. The molecule has 26 heavy (non-hydrogen) atoms. The molecule has 2 rings (SSSR count). The molecule has 1 aromatic carbocycles. The number of benzene rings is 1. The summed E-state index contributed by atoms with van der Waals surface area (Å²) in [7, 11) is 1.45. The van der Waals surface area contributed by atoms with Gasteiger partial charge in [0.1, 0.15) is 11.2 Å². The number of alkyl halides is 2. The second-order valence-corrected chi connectivity index (χ2v) is 6.46. The number of hydrogen-bond acceptors (Lipinski definition) is 4. The van der Waals surface area contributed by atoms with Crippen molar-refractivity contribution in [2.24, 2.45) is 5.41 Å². The van der Waals surface area contributed by atoms with Crippen LogP contribution in [0.4, 0.5) is 8.78 Å². The third-order valence-electron chi connectivity index (χ3n) is 4.58. The van der Waals surface area contributed by atoms with Crippen LogP contribution in [-0.2, 0) is 20.7 Å². The van der Waals surface area contributed by atoms with Gasteiger partial charge in [0.05, 0.1) is 6.61 Å². The minimum absolute atomic E-state index is 0.0666. The Bertz CT molecular complexity index is 619. The van der Waals surface area contributed by atoms with Crippen molar-refractivity contribution in [3.05, 3.63) is 29.8 Å². The molecule has 8 heteroatoms. The van der Waals surface area contributed by atoms with Gasteiger partial charge < -0.3 is 19.5 Å². The number of likely N-dealkylation sites (tertiary alicyclic amines) is 1. The molecule has 0 aliphatic carbocycles. The van der Waals surface area contributed by atoms with Gasteiger partial charge >= 0.3 is 12.6 Å². The lowest BCUT2D eigenvalue weighted by molar-refractivity contribution is -0.159. The molecule has 0 aromatic heterocycles. The fourth-order valence-corrected chi connectivity index (χ4v) is 3.22. The first-order valence-electron chi connectivity index (χ1n) is 8.40. The Morgan fingerprint density at radius 3 is 2.58 bits per heavy atom. The van der Waals surface area contributed by atoms with Gasteiger partial charge in [0.2, 0.25) is 5.91 Å². The van der Waals surface area contributed by atoms with Gasteiger partial charge in [0, 0.05) is 26.6 Å². The molecule has 1 aromatic rings. The van der Waals surface area contributed by atoms with Crippen molar-refractivity contribution in [1.29, 1.82) is 0 Å². The average Bonchev–Trinajstić information content (AvgIpc) is 2.60. The van der Waals surface area contributed by atoms with Gasteiger partial charge in [-0.15, -0.1) is 0 Å². The highest BCUT2D eigenvalue weighted by Crippen LogP contribution is 2.31. The summed E-state index contributed by atoms with van der Waals surface area (Å²) in [4.78, 5) is 25.7. The van der Waals surface area contributed by atoms with Crippen molar-refractivity contribution in [3.63, 3.8) is 0 Å². The normalized spacial score (nSPS) is 20.2. The van der Waals surface area contributed by atoms with Gasteiger partial charge in [-0.05, 0) is 37.0 Å². The molecule has 1 saturated heterocycles. The largest absolute Gasteiger partial charge is 0.481 e. The molecule has 0 saturated carbocycles. The number of carbonyl (C=O) groups is 2. The average molecular weight is 371 g/mol. The van der Waals surface area contributed by atoms with Crippen molar-refractivity contribution < 1.29 is 33.0 Å². The molecule has 0 radical (unpaired) electrons. The van der Waals surface area contributed by atoms with E-state index in [1.54, 1.807) is 17.0 Å². The van der Waals surface area contributed by atoms with E-state index in [0.29, 0.717) is 25.8 Å². The topological polar surface area (TPSA) is 76.1 Å². The van der Waals surface area contributed by atoms with Crippen LogP contribution in [0.5, 0.6) is 5.75 Å². The van der Waals surface area contributed by atoms with E-state index in [0.717, 1.165) is 5.56 Å².